The molecule has 3 N–H and O–H groups in total. The molecule has 4 fully saturated rings. The van der Waals surface area contributed by atoms with E-state index in [4.69, 9.17) is 4.74 Å². The van der Waals surface area contributed by atoms with Gasteiger partial charge < -0.3 is 20.1 Å². The Bertz CT molecular complexity index is 748. The Hall–Kier alpha value is -1.14. The van der Waals surface area contributed by atoms with Crippen molar-refractivity contribution in [1.82, 2.24) is 0 Å². The lowest BCUT2D eigenvalue weighted by Crippen LogP contribution is -2.53. The number of hydrogen-bond acceptors (Lipinski definition) is 5. The first-order valence-corrected chi connectivity index (χ1v) is 12.2. The largest absolute Gasteiger partial charge is 0.481 e. The van der Waals surface area contributed by atoms with Gasteiger partial charge in [-0.05, 0) is 86.9 Å². The van der Waals surface area contributed by atoms with Crippen LogP contribution >= 0.6 is 0 Å². The van der Waals surface area contributed by atoms with E-state index in [9.17, 15) is 24.9 Å². The summed E-state index contributed by atoms with van der Waals surface area (Å²) in [5.74, 6) is -0.551. The summed E-state index contributed by atoms with van der Waals surface area (Å²) in [6, 6.07) is 0. The van der Waals surface area contributed by atoms with Gasteiger partial charge in [-0.2, -0.15) is 0 Å². The van der Waals surface area contributed by atoms with Gasteiger partial charge in [0.25, 0.3) is 0 Å². The molecule has 31 heavy (non-hydrogen) atoms. The molecule has 3 saturated carbocycles. The third kappa shape index (κ3) is 3.26. The molecule has 4 aliphatic rings. The highest BCUT2D eigenvalue weighted by Gasteiger charge is 2.65. The zero-order valence-corrected chi connectivity index (χ0v) is 19.5. The maximum atomic E-state index is 12.2. The number of esters is 1. The first-order valence-electron chi connectivity index (χ1n) is 12.2. The smallest absolute Gasteiger partial charge is 0.306 e. The second-order valence-corrected chi connectivity index (χ2v) is 11.9. The summed E-state index contributed by atoms with van der Waals surface area (Å²) in [6.45, 7) is 7.88. The van der Waals surface area contributed by atoms with Gasteiger partial charge in [-0.15, -0.1) is 0 Å². The SMILES string of the molecule is C[C@H](C(=O)O)[C@@H]1CC[C@]2(C)[C@@H]3CC[C@H]([C@](C)(O)CO)[C@]4(CCC(=O)O4)C[C@H]3CC[C@]12C. The molecule has 0 radical (unpaired) electrons. The van der Waals surface area contributed by atoms with Gasteiger partial charge in [-0.3, -0.25) is 9.59 Å². The monoisotopic (exact) mass is 436 g/mol. The maximum absolute atomic E-state index is 12.2. The van der Waals surface area contributed by atoms with Gasteiger partial charge >= 0.3 is 11.9 Å². The Balaban J connectivity index is 1.69. The highest BCUT2D eigenvalue weighted by Crippen LogP contribution is 2.70. The summed E-state index contributed by atoms with van der Waals surface area (Å²) in [7, 11) is 0. The fraction of sp³-hybridized carbons (Fsp3) is 0.920. The van der Waals surface area contributed by atoms with E-state index < -0.39 is 17.2 Å². The minimum Gasteiger partial charge on any atom is -0.481 e. The van der Waals surface area contributed by atoms with Crippen molar-refractivity contribution in [2.75, 3.05) is 6.61 Å². The van der Waals surface area contributed by atoms with Crippen molar-refractivity contribution in [1.29, 1.82) is 0 Å². The predicted octanol–water partition coefficient (Wildman–Crippen LogP) is 3.78. The fourth-order valence-electron chi connectivity index (χ4n) is 8.76. The Morgan fingerprint density at radius 1 is 1.16 bits per heavy atom. The Morgan fingerprint density at radius 3 is 2.42 bits per heavy atom. The first kappa shape index (κ1) is 23.0. The van der Waals surface area contributed by atoms with Crippen LogP contribution in [-0.2, 0) is 14.3 Å². The number of aliphatic hydroxyl groups excluding tert-OH is 1. The summed E-state index contributed by atoms with van der Waals surface area (Å²) >= 11 is 0. The topological polar surface area (TPSA) is 104 Å². The highest BCUT2D eigenvalue weighted by molar-refractivity contribution is 5.72. The van der Waals surface area contributed by atoms with Crippen molar-refractivity contribution in [3.05, 3.63) is 0 Å². The van der Waals surface area contributed by atoms with E-state index in [-0.39, 0.29) is 41.2 Å². The number of ether oxygens (including phenoxy) is 1. The molecule has 1 aliphatic heterocycles. The molecule has 9 atom stereocenters. The molecule has 0 bridgehead atoms. The summed E-state index contributed by atoms with van der Waals surface area (Å²) in [5.41, 5.74) is -1.98. The minimum absolute atomic E-state index is 0.0230. The molecule has 1 spiro atoms. The normalized spacial score (nSPS) is 47.7. The van der Waals surface area contributed by atoms with Crippen LogP contribution in [0, 0.1) is 40.4 Å². The predicted molar refractivity (Wildman–Crippen MR) is 115 cm³/mol. The second-order valence-electron chi connectivity index (χ2n) is 11.9. The molecule has 4 rings (SSSR count). The van der Waals surface area contributed by atoms with Crippen molar-refractivity contribution in [3.8, 4) is 0 Å². The highest BCUT2D eigenvalue weighted by atomic mass is 16.6. The number of aliphatic hydroxyl groups is 2. The number of aliphatic carboxylic acids is 1. The van der Waals surface area contributed by atoms with Crippen LogP contribution in [0.5, 0.6) is 0 Å². The lowest BCUT2D eigenvalue weighted by Gasteiger charge is -2.57. The van der Waals surface area contributed by atoms with Crippen LogP contribution in [0.1, 0.15) is 85.5 Å². The molecule has 6 heteroatoms. The summed E-state index contributed by atoms with van der Waals surface area (Å²) in [5, 5.41) is 30.8. The number of fused-ring (bicyclic) bond motifs is 3. The van der Waals surface area contributed by atoms with E-state index >= 15 is 0 Å². The average molecular weight is 437 g/mol. The lowest BCUT2D eigenvalue weighted by molar-refractivity contribution is -0.173. The molecule has 0 unspecified atom stereocenters. The average Bonchev–Trinajstić information content (AvgIpc) is 3.13. The van der Waals surface area contributed by atoms with Crippen LogP contribution in [0.2, 0.25) is 0 Å². The van der Waals surface area contributed by atoms with Crippen LogP contribution < -0.4 is 0 Å². The molecular weight excluding hydrogens is 396 g/mol. The van der Waals surface area contributed by atoms with E-state index in [1.807, 2.05) is 6.92 Å². The van der Waals surface area contributed by atoms with Gasteiger partial charge in [0.05, 0.1) is 18.1 Å². The third-order valence-corrected chi connectivity index (χ3v) is 10.7. The number of carboxylic acids is 1. The standard InChI is InChI=1S/C25H40O6/c1-15(21(28)29)17-8-11-23(3)18-5-6-19(24(4,30)14-26)25(12-9-20(27)31-25)13-16(18)7-10-22(17,23)2/h15-19,26,30H,5-14H2,1-4H3,(H,28,29)/t15-,16+,17-,18+,19+,22+,23+,24+,25-/m0/s1. The number of carbonyl (C=O) groups excluding carboxylic acids is 1. The number of carbonyl (C=O) groups is 2. The quantitative estimate of drug-likeness (QED) is 0.580. The maximum Gasteiger partial charge on any atom is 0.306 e. The summed E-state index contributed by atoms with van der Waals surface area (Å²) in [6.07, 6.45) is 7.35. The van der Waals surface area contributed by atoms with E-state index in [1.54, 1.807) is 6.92 Å². The van der Waals surface area contributed by atoms with Gasteiger partial charge in [0.15, 0.2) is 0 Å². The van der Waals surface area contributed by atoms with E-state index in [0.717, 1.165) is 38.5 Å². The lowest BCUT2D eigenvalue weighted by atomic mass is 9.48. The molecule has 0 amide bonds. The molecule has 3 aliphatic carbocycles. The van der Waals surface area contributed by atoms with E-state index in [1.165, 1.54) is 0 Å². The molecule has 0 aromatic carbocycles. The molecule has 1 heterocycles. The van der Waals surface area contributed by atoms with Crippen molar-refractivity contribution in [2.24, 2.45) is 40.4 Å². The first-order chi connectivity index (χ1) is 14.4. The Labute approximate surface area is 185 Å². The van der Waals surface area contributed by atoms with Crippen LogP contribution in [0.3, 0.4) is 0 Å². The van der Waals surface area contributed by atoms with E-state index in [2.05, 4.69) is 13.8 Å². The van der Waals surface area contributed by atoms with Gasteiger partial charge in [0.1, 0.15) is 5.60 Å². The van der Waals surface area contributed by atoms with Gasteiger partial charge in [-0.25, -0.2) is 0 Å². The minimum atomic E-state index is -1.29. The zero-order chi connectivity index (χ0) is 22.8. The van der Waals surface area contributed by atoms with Crippen molar-refractivity contribution < 1.29 is 29.6 Å². The molecule has 1 saturated heterocycles. The van der Waals surface area contributed by atoms with Gasteiger partial charge in [0, 0.05) is 12.3 Å². The van der Waals surface area contributed by atoms with Crippen LogP contribution in [0.4, 0.5) is 0 Å². The molecule has 0 aromatic heterocycles. The van der Waals surface area contributed by atoms with Crippen LogP contribution in [-0.4, -0.2) is 45.1 Å². The van der Waals surface area contributed by atoms with Crippen molar-refractivity contribution in [3.63, 3.8) is 0 Å². The fourth-order valence-corrected chi connectivity index (χ4v) is 8.76. The van der Waals surface area contributed by atoms with Crippen molar-refractivity contribution in [2.45, 2.75) is 96.7 Å². The summed E-state index contributed by atoms with van der Waals surface area (Å²) in [4.78, 5) is 24.0. The zero-order valence-electron chi connectivity index (χ0n) is 19.5. The number of rotatable bonds is 4. The van der Waals surface area contributed by atoms with Crippen molar-refractivity contribution >= 4 is 11.9 Å². The van der Waals surface area contributed by atoms with Gasteiger partial charge in [-0.1, -0.05) is 20.8 Å². The molecular formula is C25H40O6. The molecule has 0 aromatic rings. The third-order valence-electron chi connectivity index (χ3n) is 10.7. The van der Waals surface area contributed by atoms with Gasteiger partial charge in [0.2, 0.25) is 0 Å². The molecule has 176 valence electrons. The Kier molecular flexibility index (Phi) is 5.53. The Morgan fingerprint density at radius 2 is 1.84 bits per heavy atom. The second kappa shape index (κ2) is 7.44. The number of hydrogen-bond donors (Lipinski definition) is 3. The van der Waals surface area contributed by atoms with Crippen LogP contribution in [0.25, 0.3) is 0 Å². The van der Waals surface area contributed by atoms with E-state index in [0.29, 0.717) is 31.1 Å². The van der Waals surface area contributed by atoms with Crippen LogP contribution in [0.15, 0.2) is 0 Å². The number of carboxylic acid groups (broad SMARTS) is 1. The molecule has 6 nitrogen and oxygen atoms in total. The summed E-state index contributed by atoms with van der Waals surface area (Å²) < 4.78 is 5.99.